The molecule has 0 unspecified atom stereocenters. The van der Waals surface area contributed by atoms with Gasteiger partial charge in [0.1, 0.15) is 11.5 Å². The zero-order valence-electron chi connectivity index (χ0n) is 13.2. The quantitative estimate of drug-likeness (QED) is 0.546. The standard InChI is InChI=1S/C20H20N2O2/c23-19-10-16(11-20(24)12-19)14-22-18-8-6-17(7-9-18)21-13-15-4-2-1-3-5-15/h1-12,21-24H,13-14H2. The molecule has 0 aromatic heterocycles. The Bertz CT molecular complexity index is 766. The molecule has 0 atom stereocenters. The van der Waals surface area contributed by atoms with Crippen LogP contribution in [0.1, 0.15) is 11.1 Å². The Hall–Kier alpha value is -3.14. The van der Waals surface area contributed by atoms with Crippen molar-refractivity contribution in [1.82, 2.24) is 0 Å². The maximum Gasteiger partial charge on any atom is 0.119 e. The predicted octanol–water partition coefficient (Wildman–Crippen LogP) is 4.32. The summed E-state index contributed by atoms with van der Waals surface area (Å²) >= 11 is 0. The number of phenolic OH excluding ortho intramolecular Hbond substituents is 2. The molecule has 0 aliphatic heterocycles. The number of benzene rings is 3. The molecule has 122 valence electrons. The minimum atomic E-state index is 0.0623. The Balaban J connectivity index is 1.54. The van der Waals surface area contributed by atoms with Crippen molar-refractivity contribution in [2.75, 3.05) is 10.6 Å². The third-order valence-corrected chi connectivity index (χ3v) is 3.68. The summed E-state index contributed by atoms with van der Waals surface area (Å²) in [5, 5.41) is 25.6. The number of anilines is 2. The van der Waals surface area contributed by atoms with Crippen LogP contribution in [-0.4, -0.2) is 10.2 Å². The highest BCUT2D eigenvalue weighted by Gasteiger charge is 2.00. The first kappa shape index (κ1) is 15.7. The second-order valence-electron chi connectivity index (χ2n) is 5.63. The normalized spacial score (nSPS) is 10.3. The van der Waals surface area contributed by atoms with Crippen LogP contribution in [-0.2, 0) is 13.1 Å². The molecule has 0 aliphatic carbocycles. The number of nitrogens with one attached hydrogen (secondary N) is 2. The summed E-state index contributed by atoms with van der Waals surface area (Å²) in [7, 11) is 0. The molecule has 0 fully saturated rings. The van der Waals surface area contributed by atoms with Gasteiger partial charge in [0.15, 0.2) is 0 Å². The van der Waals surface area contributed by atoms with E-state index in [1.807, 2.05) is 42.5 Å². The number of phenols is 2. The van der Waals surface area contributed by atoms with Gasteiger partial charge in [-0.15, -0.1) is 0 Å². The van der Waals surface area contributed by atoms with Crippen molar-refractivity contribution in [3.63, 3.8) is 0 Å². The lowest BCUT2D eigenvalue weighted by Crippen LogP contribution is -2.01. The minimum Gasteiger partial charge on any atom is -0.508 e. The molecule has 4 N–H and O–H groups in total. The van der Waals surface area contributed by atoms with Crippen LogP contribution >= 0.6 is 0 Å². The van der Waals surface area contributed by atoms with Crippen molar-refractivity contribution in [2.45, 2.75) is 13.1 Å². The summed E-state index contributed by atoms with van der Waals surface area (Å²) in [6.45, 7) is 1.31. The maximum absolute atomic E-state index is 9.48. The van der Waals surface area contributed by atoms with Crippen molar-refractivity contribution >= 4 is 11.4 Å². The van der Waals surface area contributed by atoms with Crippen molar-refractivity contribution < 1.29 is 10.2 Å². The average Bonchev–Trinajstić information content (AvgIpc) is 2.59. The fourth-order valence-corrected chi connectivity index (χ4v) is 2.47. The van der Waals surface area contributed by atoms with Crippen molar-refractivity contribution in [2.24, 2.45) is 0 Å². The Morgan fingerprint density at radius 1 is 0.583 bits per heavy atom. The van der Waals surface area contributed by atoms with E-state index in [4.69, 9.17) is 0 Å². The van der Waals surface area contributed by atoms with E-state index < -0.39 is 0 Å². The molecule has 0 bridgehead atoms. The molecule has 3 rings (SSSR count). The van der Waals surface area contributed by atoms with Crippen LogP contribution in [0.4, 0.5) is 11.4 Å². The summed E-state index contributed by atoms with van der Waals surface area (Å²) < 4.78 is 0. The van der Waals surface area contributed by atoms with Crippen molar-refractivity contribution in [3.8, 4) is 11.5 Å². The van der Waals surface area contributed by atoms with E-state index in [1.165, 1.54) is 11.6 Å². The van der Waals surface area contributed by atoms with Crippen molar-refractivity contribution in [1.29, 1.82) is 0 Å². The van der Waals surface area contributed by atoms with E-state index in [0.29, 0.717) is 6.54 Å². The van der Waals surface area contributed by atoms with Crippen LogP contribution in [0.15, 0.2) is 72.8 Å². The lowest BCUT2D eigenvalue weighted by molar-refractivity contribution is 0.449. The van der Waals surface area contributed by atoms with Gasteiger partial charge in [-0.25, -0.2) is 0 Å². The van der Waals surface area contributed by atoms with E-state index in [0.717, 1.165) is 23.5 Å². The molecule has 24 heavy (non-hydrogen) atoms. The number of aromatic hydroxyl groups is 2. The van der Waals surface area contributed by atoms with Gasteiger partial charge in [0, 0.05) is 30.5 Å². The molecular weight excluding hydrogens is 300 g/mol. The van der Waals surface area contributed by atoms with Gasteiger partial charge < -0.3 is 20.8 Å². The molecule has 4 heteroatoms. The zero-order valence-corrected chi connectivity index (χ0v) is 13.2. The van der Waals surface area contributed by atoms with Crippen LogP contribution in [0.3, 0.4) is 0 Å². The Morgan fingerprint density at radius 3 is 1.62 bits per heavy atom. The van der Waals surface area contributed by atoms with Crippen LogP contribution < -0.4 is 10.6 Å². The number of rotatable bonds is 6. The van der Waals surface area contributed by atoms with E-state index in [1.54, 1.807) is 12.1 Å². The summed E-state index contributed by atoms with van der Waals surface area (Å²) in [6, 6.07) is 22.9. The van der Waals surface area contributed by atoms with Gasteiger partial charge in [-0.1, -0.05) is 30.3 Å². The fraction of sp³-hybridized carbons (Fsp3) is 0.100. The predicted molar refractivity (Wildman–Crippen MR) is 97.3 cm³/mol. The third-order valence-electron chi connectivity index (χ3n) is 3.68. The van der Waals surface area contributed by atoms with Crippen molar-refractivity contribution in [3.05, 3.63) is 83.9 Å². The largest absolute Gasteiger partial charge is 0.508 e. The van der Waals surface area contributed by atoms with Gasteiger partial charge in [0.25, 0.3) is 0 Å². The molecule has 0 aliphatic rings. The summed E-state index contributed by atoms with van der Waals surface area (Å²) in [6.07, 6.45) is 0. The van der Waals surface area contributed by atoms with Crippen LogP contribution in [0.2, 0.25) is 0 Å². The van der Waals surface area contributed by atoms with Gasteiger partial charge in [0.2, 0.25) is 0 Å². The lowest BCUT2D eigenvalue weighted by atomic mass is 10.2. The van der Waals surface area contributed by atoms with Crippen LogP contribution in [0.25, 0.3) is 0 Å². The van der Waals surface area contributed by atoms with Gasteiger partial charge >= 0.3 is 0 Å². The smallest absolute Gasteiger partial charge is 0.119 e. The highest BCUT2D eigenvalue weighted by Crippen LogP contribution is 2.21. The Kier molecular flexibility index (Phi) is 4.87. The molecule has 3 aromatic carbocycles. The average molecular weight is 320 g/mol. The van der Waals surface area contributed by atoms with E-state index in [2.05, 4.69) is 22.8 Å². The SMILES string of the molecule is Oc1cc(O)cc(CNc2ccc(NCc3ccccc3)cc2)c1. The highest BCUT2D eigenvalue weighted by atomic mass is 16.3. The van der Waals surface area contributed by atoms with Gasteiger partial charge in [-0.3, -0.25) is 0 Å². The van der Waals surface area contributed by atoms with Gasteiger partial charge in [-0.2, -0.15) is 0 Å². The zero-order chi connectivity index (χ0) is 16.8. The Labute approximate surface area is 141 Å². The fourth-order valence-electron chi connectivity index (χ4n) is 2.47. The molecule has 0 saturated carbocycles. The molecular formula is C20H20N2O2. The minimum absolute atomic E-state index is 0.0623. The Morgan fingerprint density at radius 2 is 1.08 bits per heavy atom. The molecule has 0 spiro atoms. The molecule has 0 saturated heterocycles. The first-order valence-electron chi connectivity index (χ1n) is 7.83. The van der Waals surface area contributed by atoms with E-state index >= 15 is 0 Å². The molecule has 3 aromatic rings. The second-order valence-corrected chi connectivity index (χ2v) is 5.63. The molecule has 0 amide bonds. The topological polar surface area (TPSA) is 64.5 Å². The maximum atomic E-state index is 9.48. The van der Waals surface area contributed by atoms with Gasteiger partial charge in [0.05, 0.1) is 0 Å². The second kappa shape index (κ2) is 7.42. The molecule has 0 heterocycles. The first-order valence-corrected chi connectivity index (χ1v) is 7.83. The first-order chi connectivity index (χ1) is 11.7. The third kappa shape index (κ3) is 4.43. The van der Waals surface area contributed by atoms with Crippen LogP contribution in [0, 0.1) is 0 Å². The summed E-state index contributed by atoms with van der Waals surface area (Å²) in [5.41, 5.74) is 4.09. The molecule has 4 nitrogen and oxygen atoms in total. The number of hydrogen-bond donors (Lipinski definition) is 4. The van der Waals surface area contributed by atoms with Gasteiger partial charge in [-0.05, 0) is 47.5 Å². The van der Waals surface area contributed by atoms with E-state index in [-0.39, 0.29) is 11.5 Å². The lowest BCUT2D eigenvalue weighted by Gasteiger charge is -2.10. The monoisotopic (exact) mass is 320 g/mol. The van der Waals surface area contributed by atoms with Crippen LogP contribution in [0.5, 0.6) is 11.5 Å². The summed E-state index contributed by atoms with van der Waals surface area (Å²) in [4.78, 5) is 0. The number of hydrogen-bond acceptors (Lipinski definition) is 4. The molecule has 0 radical (unpaired) electrons. The summed E-state index contributed by atoms with van der Waals surface area (Å²) in [5.74, 6) is 0.125. The highest BCUT2D eigenvalue weighted by molar-refractivity contribution is 5.54. The van der Waals surface area contributed by atoms with E-state index in [9.17, 15) is 10.2 Å².